The van der Waals surface area contributed by atoms with Crippen LogP contribution in [0, 0.1) is 0 Å². The third-order valence-electron chi connectivity index (χ3n) is 4.86. The zero-order valence-corrected chi connectivity index (χ0v) is 16.7. The van der Waals surface area contributed by atoms with Gasteiger partial charge in [0.1, 0.15) is 16.9 Å². The Morgan fingerprint density at radius 2 is 1.86 bits per heavy atom. The summed E-state index contributed by atoms with van der Waals surface area (Å²) in [7, 11) is 1.63. The lowest BCUT2D eigenvalue weighted by atomic mass is 10.0. The quantitative estimate of drug-likeness (QED) is 0.341. The molecule has 0 radical (unpaired) electrons. The normalized spacial score (nSPS) is 12.1. The summed E-state index contributed by atoms with van der Waals surface area (Å²) in [6, 6.07) is 14.9. The highest BCUT2D eigenvalue weighted by molar-refractivity contribution is 5.91. The SMILES string of the molecule is COc1ccc(COCCC/C(O)=C(\C)c2c([NH3+])c3ccccc3oc2=O)cc1. The van der Waals surface area contributed by atoms with E-state index in [2.05, 4.69) is 5.73 Å². The van der Waals surface area contributed by atoms with E-state index in [1.54, 1.807) is 26.2 Å². The van der Waals surface area contributed by atoms with Gasteiger partial charge in [0.25, 0.3) is 0 Å². The maximum atomic E-state index is 12.4. The molecule has 0 fully saturated rings. The van der Waals surface area contributed by atoms with Crippen LogP contribution >= 0.6 is 0 Å². The number of para-hydroxylation sites is 1. The van der Waals surface area contributed by atoms with E-state index in [0.29, 0.717) is 48.5 Å². The van der Waals surface area contributed by atoms with Crippen LogP contribution in [-0.4, -0.2) is 18.8 Å². The standard InChI is InChI=1S/C23H25NO5/c1-15(21-22(24)18-6-3-4-8-20(18)29-23(21)26)19(25)7-5-13-28-14-16-9-11-17(27-2)12-10-16/h3-4,6,8-12,25H,5,7,13-14,24H2,1-2H3/p+1/b19-15-. The van der Waals surface area contributed by atoms with Crippen molar-refractivity contribution < 1.29 is 24.7 Å². The van der Waals surface area contributed by atoms with Crippen molar-refractivity contribution in [3.63, 3.8) is 0 Å². The molecule has 6 nitrogen and oxygen atoms in total. The lowest BCUT2D eigenvalue weighted by molar-refractivity contribution is -0.253. The van der Waals surface area contributed by atoms with E-state index in [4.69, 9.17) is 13.9 Å². The molecule has 1 heterocycles. The van der Waals surface area contributed by atoms with E-state index >= 15 is 0 Å². The van der Waals surface area contributed by atoms with Gasteiger partial charge in [-0.25, -0.2) is 4.79 Å². The predicted molar refractivity (Wildman–Crippen MR) is 112 cm³/mol. The molecule has 3 rings (SSSR count). The number of fused-ring (bicyclic) bond motifs is 1. The Morgan fingerprint density at radius 3 is 2.59 bits per heavy atom. The molecular formula is C23H26NO5+. The molecule has 0 saturated heterocycles. The summed E-state index contributed by atoms with van der Waals surface area (Å²) in [4.78, 5) is 12.4. The first-order chi connectivity index (χ1) is 14.0. The van der Waals surface area contributed by atoms with Crippen molar-refractivity contribution >= 4 is 22.2 Å². The lowest BCUT2D eigenvalue weighted by Crippen LogP contribution is -2.43. The van der Waals surface area contributed by atoms with Gasteiger partial charge in [-0.15, -0.1) is 0 Å². The molecule has 4 N–H and O–H groups in total. The average molecular weight is 396 g/mol. The second kappa shape index (κ2) is 9.41. The van der Waals surface area contributed by atoms with Crippen LogP contribution < -0.4 is 16.1 Å². The molecule has 0 saturated carbocycles. The molecule has 152 valence electrons. The minimum atomic E-state index is -0.492. The van der Waals surface area contributed by atoms with Gasteiger partial charge in [-0.3, -0.25) is 0 Å². The van der Waals surface area contributed by atoms with Crippen molar-refractivity contribution in [2.45, 2.75) is 26.4 Å². The number of hydrogen-bond donors (Lipinski definition) is 2. The van der Waals surface area contributed by atoms with Gasteiger partial charge >= 0.3 is 5.63 Å². The van der Waals surface area contributed by atoms with Crippen LogP contribution in [0.2, 0.25) is 0 Å². The molecule has 6 heteroatoms. The molecule has 0 spiro atoms. The molecule has 0 aliphatic rings. The average Bonchev–Trinajstić information content (AvgIpc) is 2.73. The molecule has 1 aromatic heterocycles. The van der Waals surface area contributed by atoms with Crippen molar-refractivity contribution in [3.05, 3.63) is 75.8 Å². The molecule has 0 atom stereocenters. The van der Waals surface area contributed by atoms with Gasteiger partial charge in [0.15, 0.2) is 5.69 Å². The summed E-state index contributed by atoms with van der Waals surface area (Å²) in [6.07, 6.45) is 1.03. The summed E-state index contributed by atoms with van der Waals surface area (Å²) in [5.74, 6) is 0.952. The van der Waals surface area contributed by atoms with Crippen molar-refractivity contribution in [1.82, 2.24) is 0 Å². The number of quaternary nitrogens is 1. The lowest BCUT2D eigenvalue weighted by Gasteiger charge is -2.09. The summed E-state index contributed by atoms with van der Waals surface area (Å²) < 4.78 is 16.2. The van der Waals surface area contributed by atoms with Crippen LogP contribution in [0.5, 0.6) is 5.75 Å². The number of aliphatic hydroxyl groups excluding tert-OH is 1. The molecule has 0 aliphatic heterocycles. The van der Waals surface area contributed by atoms with Crippen molar-refractivity contribution in [2.24, 2.45) is 0 Å². The number of aliphatic hydroxyl groups is 1. The van der Waals surface area contributed by atoms with Crippen LogP contribution in [0.4, 0.5) is 5.69 Å². The van der Waals surface area contributed by atoms with Crippen molar-refractivity contribution in [2.75, 3.05) is 13.7 Å². The topological polar surface area (TPSA) is 96.5 Å². The fourth-order valence-corrected chi connectivity index (χ4v) is 3.18. The van der Waals surface area contributed by atoms with Gasteiger partial charge in [0.05, 0.1) is 24.9 Å². The third-order valence-corrected chi connectivity index (χ3v) is 4.86. The Kier molecular flexibility index (Phi) is 6.69. The Balaban J connectivity index is 1.61. The zero-order chi connectivity index (χ0) is 20.8. The summed E-state index contributed by atoms with van der Waals surface area (Å²) in [6.45, 7) is 2.70. The van der Waals surface area contributed by atoms with Gasteiger partial charge in [0, 0.05) is 18.6 Å². The zero-order valence-electron chi connectivity index (χ0n) is 16.7. The fourth-order valence-electron chi connectivity index (χ4n) is 3.18. The van der Waals surface area contributed by atoms with Crippen molar-refractivity contribution in [1.29, 1.82) is 0 Å². The summed E-state index contributed by atoms with van der Waals surface area (Å²) in [5, 5.41) is 11.2. The number of hydrogen-bond acceptors (Lipinski definition) is 5. The molecule has 0 aliphatic carbocycles. The number of rotatable bonds is 8. The second-order valence-corrected chi connectivity index (χ2v) is 6.82. The van der Waals surface area contributed by atoms with E-state index in [9.17, 15) is 9.90 Å². The van der Waals surface area contributed by atoms with Crippen LogP contribution in [0.15, 0.2) is 63.5 Å². The Hall–Kier alpha value is -3.09. The van der Waals surface area contributed by atoms with E-state index in [1.165, 1.54) is 0 Å². The van der Waals surface area contributed by atoms with Crippen LogP contribution in [0.1, 0.15) is 30.9 Å². The Bertz CT molecular complexity index is 1070. The first-order valence-corrected chi connectivity index (χ1v) is 9.49. The highest BCUT2D eigenvalue weighted by Gasteiger charge is 2.19. The Morgan fingerprint density at radius 1 is 1.14 bits per heavy atom. The third kappa shape index (κ3) is 4.85. The smallest absolute Gasteiger partial charge is 0.350 e. The molecule has 3 aromatic rings. The minimum absolute atomic E-state index is 0.144. The van der Waals surface area contributed by atoms with Crippen molar-refractivity contribution in [3.8, 4) is 5.75 Å². The first kappa shape index (κ1) is 20.6. The second-order valence-electron chi connectivity index (χ2n) is 6.82. The van der Waals surface area contributed by atoms with E-state index in [1.807, 2.05) is 36.4 Å². The van der Waals surface area contributed by atoms with Gasteiger partial charge in [-0.05, 0) is 43.2 Å². The van der Waals surface area contributed by atoms with E-state index in [-0.39, 0.29) is 5.76 Å². The number of ether oxygens (including phenoxy) is 2. The molecule has 2 aromatic carbocycles. The van der Waals surface area contributed by atoms with Gasteiger partial charge in [-0.2, -0.15) is 0 Å². The molecule has 0 bridgehead atoms. The molecule has 0 amide bonds. The number of methoxy groups -OCH3 is 1. The van der Waals surface area contributed by atoms with E-state index < -0.39 is 5.63 Å². The summed E-state index contributed by atoms with van der Waals surface area (Å²) in [5.41, 5.74) is 6.46. The highest BCUT2D eigenvalue weighted by Crippen LogP contribution is 2.27. The molecule has 29 heavy (non-hydrogen) atoms. The number of allylic oxidation sites excluding steroid dienone is 2. The minimum Gasteiger partial charge on any atom is -0.512 e. The van der Waals surface area contributed by atoms with Gasteiger partial charge in [0.2, 0.25) is 0 Å². The maximum Gasteiger partial charge on any atom is 0.350 e. The van der Waals surface area contributed by atoms with Gasteiger partial charge < -0.3 is 24.7 Å². The predicted octanol–water partition coefficient (Wildman–Crippen LogP) is 3.96. The van der Waals surface area contributed by atoms with Crippen LogP contribution in [-0.2, 0) is 11.3 Å². The largest absolute Gasteiger partial charge is 0.512 e. The monoisotopic (exact) mass is 396 g/mol. The highest BCUT2D eigenvalue weighted by atomic mass is 16.5. The maximum absolute atomic E-state index is 12.4. The van der Waals surface area contributed by atoms with Gasteiger partial charge in [-0.1, -0.05) is 24.3 Å². The molecule has 0 unspecified atom stereocenters. The number of benzene rings is 2. The van der Waals surface area contributed by atoms with Crippen LogP contribution in [0.3, 0.4) is 0 Å². The summed E-state index contributed by atoms with van der Waals surface area (Å²) >= 11 is 0. The van der Waals surface area contributed by atoms with E-state index in [0.717, 1.165) is 16.7 Å². The molecular weight excluding hydrogens is 370 g/mol. The first-order valence-electron chi connectivity index (χ1n) is 9.49. The van der Waals surface area contributed by atoms with Crippen LogP contribution in [0.25, 0.3) is 16.5 Å². The fraction of sp³-hybridized carbons (Fsp3) is 0.261. The Labute approximate surface area is 169 Å².